The van der Waals surface area contributed by atoms with E-state index in [0.29, 0.717) is 16.5 Å². The monoisotopic (exact) mass is 367 g/mol. The first-order valence-electron chi connectivity index (χ1n) is 6.98. The molecule has 0 fully saturated rings. The van der Waals surface area contributed by atoms with Gasteiger partial charge in [0, 0.05) is 10.7 Å². The quantitative estimate of drug-likeness (QED) is 0.816. The van der Waals surface area contributed by atoms with Gasteiger partial charge in [0.05, 0.1) is 10.6 Å². The Kier molecular flexibility index (Phi) is 5.36. The second-order valence-corrected chi connectivity index (χ2v) is 6.36. The van der Waals surface area contributed by atoms with Crippen molar-refractivity contribution in [2.45, 2.75) is 19.4 Å². The number of hydrogen-bond acceptors (Lipinski definition) is 3. The van der Waals surface area contributed by atoms with Gasteiger partial charge in [0.1, 0.15) is 5.75 Å². The molecule has 1 amide bonds. The van der Waals surface area contributed by atoms with Crippen molar-refractivity contribution in [1.29, 1.82) is 0 Å². The molecule has 0 atom stereocenters. The lowest BCUT2D eigenvalue weighted by Gasteiger charge is -2.25. The molecular weight excluding hydrogens is 353 g/mol. The van der Waals surface area contributed by atoms with Crippen molar-refractivity contribution < 1.29 is 19.4 Å². The topological polar surface area (TPSA) is 75.6 Å². The largest absolute Gasteiger partial charge is 0.478 e. The number of halogens is 2. The van der Waals surface area contributed by atoms with Gasteiger partial charge < -0.3 is 15.2 Å². The number of carboxylic acids is 1. The van der Waals surface area contributed by atoms with E-state index in [9.17, 15) is 9.59 Å². The minimum atomic E-state index is -1.16. The third kappa shape index (κ3) is 4.40. The van der Waals surface area contributed by atoms with Gasteiger partial charge >= 0.3 is 5.97 Å². The number of carboxylic acid groups (broad SMARTS) is 1. The van der Waals surface area contributed by atoms with E-state index in [0.717, 1.165) is 0 Å². The lowest BCUT2D eigenvalue weighted by molar-refractivity contribution is -0.128. The van der Waals surface area contributed by atoms with Crippen molar-refractivity contribution in [2.24, 2.45) is 0 Å². The van der Waals surface area contributed by atoms with Gasteiger partial charge in [-0.25, -0.2) is 4.79 Å². The number of hydrogen-bond donors (Lipinski definition) is 2. The molecule has 0 spiro atoms. The first kappa shape index (κ1) is 18.1. The standard InChI is InChI=1S/C17H15Cl2NO4/c1-17(2,24-12-6-3-10(18)4-7-12)16(23)20-11-5-8-13(15(21)22)14(19)9-11/h3-9H,1-2H3,(H,20,23)(H,21,22). The van der Waals surface area contributed by atoms with Crippen molar-refractivity contribution in [1.82, 2.24) is 0 Å². The van der Waals surface area contributed by atoms with E-state index in [-0.39, 0.29) is 10.6 Å². The van der Waals surface area contributed by atoms with Crippen LogP contribution in [0.2, 0.25) is 10.0 Å². The van der Waals surface area contributed by atoms with Crippen molar-refractivity contribution in [3.63, 3.8) is 0 Å². The normalized spacial score (nSPS) is 11.0. The average Bonchev–Trinajstić information content (AvgIpc) is 2.49. The summed E-state index contributed by atoms with van der Waals surface area (Å²) in [6.07, 6.45) is 0. The van der Waals surface area contributed by atoms with Crippen molar-refractivity contribution in [2.75, 3.05) is 5.32 Å². The van der Waals surface area contributed by atoms with Gasteiger partial charge in [-0.3, -0.25) is 4.79 Å². The SMILES string of the molecule is CC(C)(Oc1ccc(Cl)cc1)C(=O)Nc1ccc(C(=O)O)c(Cl)c1. The van der Waals surface area contributed by atoms with Crippen LogP contribution >= 0.6 is 23.2 Å². The Morgan fingerprint density at radius 1 is 1.08 bits per heavy atom. The molecule has 2 N–H and O–H groups in total. The van der Waals surface area contributed by atoms with E-state index < -0.39 is 17.5 Å². The number of ether oxygens (including phenoxy) is 1. The fraction of sp³-hybridized carbons (Fsp3) is 0.176. The Bertz CT molecular complexity index is 773. The maximum absolute atomic E-state index is 12.4. The number of rotatable bonds is 5. The highest BCUT2D eigenvalue weighted by Crippen LogP contribution is 2.24. The summed E-state index contributed by atoms with van der Waals surface area (Å²) in [7, 11) is 0. The summed E-state index contributed by atoms with van der Waals surface area (Å²) in [5.41, 5.74) is -0.819. The number of nitrogens with one attached hydrogen (secondary N) is 1. The number of carbonyl (C=O) groups excluding carboxylic acids is 1. The third-order valence-electron chi connectivity index (χ3n) is 3.19. The van der Waals surface area contributed by atoms with E-state index in [1.807, 2.05) is 0 Å². The molecule has 0 saturated heterocycles. The maximum Gasteiger partial charge on any atom is 0.337 e. The second-order valence-electron chi connectivity index (χ2n) is 5.52. The summed E-state index contributed by atoms with van der Waals surface area (Å²) in [5.74, 6) is -1.04. The molecule has 24 heavy (non-hydrogen) atoms. The molecule has 5 nitrogen and oxygen atoms in total. The second kappa shape index (κ2) is 7.11. The summed E-state index contributed by atoms with van der Waals surface area (Å²) < 4.78 is 5.69. The Hall–Kier alpha value is -2.24. The molecule has 7 heteroatoms. The molecule has 126 valence electrons. The molecule has 0 radical (unpaired) electrons. The van der Waals surface area contributed by atoms with Crippen LogP contribution in [0.25, 0.3) is 0 Å². The van der Waals surface area contributed by atoms with Crippen molar-refractivity contribution in [3.8, 4) is 5.75 Å². The zero-order valence-corrected chi connectivity index (χ0v) is 14.5. The molecule has 0 aliphatic heterocycles. The fourth-order valence-electron chi connectivity index (χ4n) is 1.89. The predicted octanol–water partition coefficient (Wildman–Crippen LogP) is 4.49. The van der Waals surface area contributed by atoms with Gasteiger partial charge in [-0.2, -0.15) is 0 Å². The fourth-order valence-corrected chi connectivity index (χ4v) is 2.28. The number of amides is 1. The molecule has 0 aromatic heterocycles. The van der Waals surface area contributed by atoms with Gasteiger partial charge in [0.15, 0.2) is 5.60 Å². The van der Waals surface area contributed by atoms with Crippen LogP contribution in [0.4, 0.5) is 5.69 Å². The van der Waals surface area contributed by atoms with E-state index in [1.54, 1.807) is 38.1 Å². The summed E-state index contributed by atoms with van der Waals surface area (Å²) in [5, 5.41) is 12.2. The van der Waals surface area contributed by atoms with Crippen LogP contribution in [0.3, 0.4) is 0 Å². The molecule has 0 aliphatic rings. The molecule has 2 aromatic rings. The minimum Gasteiger partial charge on any atom is -0.478 e. The summed E-state index contributed by atoms with van der Waals surface area (Å²) >= 11 is 11.7. The van der Waals surface area contributed by atoms with Crippen LogP contribution < -0.4 is 10.1 Å². The van der Waals surface area contributed by atoms with Crippen molar-refractivity contribution in [3.05, 3.63) is 58.1 Å². The smallest absolute Gasteiger partial charge is 0.337 e. The van der Waals surface area contributed by atoms with Crippen molar-refractivity contribution >= 4 is 40.8 Å². The Morgan fingerprint density at radius 2 is 1.71 bits per heavy atom. The van der Waals surface area contributed by atoms with Gasteiger partial charge in [-0.1, -0.05) is 23.2 Å². The lowest BCUT2D eigenvalue weighted by Crippen LogP contribution is -2.42. The number of aromatic carboxylic acids is 1. The van der Waals surface area contributed by atoms with Crippen LogP contribution in [0.1, 0.15) is 24.2 Å². The number of benzene rings is 2. The molecule has 0 aliphatic carbocycles. The zero-order valence-electron chi connectivity index (χ0n) is 13.0. The highest BCUT2D eigenvalue weighted by atomic mass is 35.5. The highest BCUT2D eigenvalue weighted by molar-refractivity contribution is 6.33. The maximum atomic E-state index is 12.4. The summed E-state index contributed by atoms with van der Waals surface area (Å²) in [6, 6.07) is 10.8. The van der Waals surface area contributed by atoms with Crippen LogP contribution in [-0.2, 0) is 4.79 Å². The number of anilines is 1. The Balaban J connectivity index is 2.11. The summed E-state index contributed by atoms with van der Waals surface area (Å²) in [6.45, 7) is 3.23. The average molecular weight is 368 g/mol. The molecule has 2 aromatic carbocycles. The van der Waals surface area contributed by atoms with Gasteiger partial charge in [-0.15, -0.1) is 0 Å². The van der Waals surface area contributed by atoms with Gasteiger partial charge in [-0.05, 0) is 56.3 Å². The number of carbonyl (C=O) groups is 2. The highest BCUT2D eigenvalue weighted by Gasteiger charge is 2.30. The van der Waals surface area contributed by atoms with Crippen LogP contribution in [-0.4, -0.2) is 22.6 Å². The van der Waals surface area contributed by atoms with E-state index in [1.165, 1.54) is 18.2 Å². The molecule has 0 unspecified atom stereocenters. The van der Waals surface area contributed by atoms with E-state index in [4.69, 9.17) is 33.0 Å². The molecule has 0 heterocycles. The Morgan fingerprint density at radius 3 is 2.25 bits per heavy atom. The van der Waals surface area contributed by atoms with Crippen LogP contribution in [0.5, 0.6) is 5.75 Å². The minimum absolute atomic E-state index is 0.0358. The van der Waals surface area contributed by atoms with Crippen LogP contribution in [0, 0.1) is 0 Å². The van der Waals surface area contributed by atoms with Crippen LogP contribution in [0.15, 0.2) is 42.5 Å². The first-order chi connectivity index (χ1) is 11.2. The van der Waals surface area contributed by atoms with E-state index in [2.05, 4.69) is 5.32 Å². The summed E-state index contributed by atoms with van der Waals surface area (Å²) in [4.78, 5) is 23.4. The predicted molar refractivity (Wildman–Crippen MR) is 93.2 cm³/mol. The lowest BCUT2D eigenvalue weighted by atomic mass is 10.1. The first-order valence-corrected chi connectivity index (χ1v) is 7.73. The van der Waals surface area contributed by atoms with Gasteiger partial charge in [0.25, 0.3) is 5.91 Å². The molecule has 0 bridgehead atoms. The third-order valence-corrected chi connectivity index (χ3v) is 3.76. The van der Waals surface area contributed by atoms with Gasteiger partial charge in [0.2, 0.25) is 0 Å². The van der Waals surface area contributed by atoms with E-state index >= 15 is 0 Å². The Labute approximate surface area is 149 Å². The molecule has 0 saturated carbocycles. The molecular formula is C17H15Cl2NO4. The molecule has 2 rings (SSSR count). The zero-order chi connectivity index (χ0) is 17.9.